The van der Waals surface area contributed by atoms with Gasteiger partial charge in [-0.25, -0.2) is 0 Å². The van der Waals surface area contributed by atoms with Crippen molar-refractivity contribution < 1.29 is 9.84 Å². The zero-order valence-corrected chi connectivity index (χ0v) is 22.4. The van der Waals surface area contributed by atoms with Crippen LogP contribution in [-0.4, -0.2) is 56.6 Å². The summed E-state index contributed by atoms with van der Waals surface area (Å²) in [5.41, 5.74) is 6.41. The van der Waals surface area contributed by atoms with Gasteiger partial charge < -0.3 is 19.7 Å². The summed E-state index contributed by atoms with van der Waals surface area (Å²) < 4.78 is 5.66. The van der Waals surface area contributed by atoms with Crippen molar-refractivity contribution >= 4 is 28.8 Å². The summed E-state index contributed by atoms with van der Waals surface area (Å²) in [5, 5.41) is 15.5. The molecule has 0 atom stereocenters. The number of hydrogen-bond donors (Lipinski definition) is 3. The Bertz CT molecular complexity index is 1100. The molecule has 0 saturated carbocycles. The fraction of sp³-hybridized carbons (Fsp3) is 0.538. The first-order chi connectivity index (χ1) is 16.7. The summed E-state index contributed by atoms with van der Waals surface area (Å²) >= 11 is 0. The highest BCUT2D eigenvalue weighted by Gasteiger charge is 2.17. The minimum absolute atomic E-state index is 0.0717. The Hall–Kier alpha value is -3.20. The van der Waals surface area contributed by atoms with E-state index in [1.807, 2.05) is 26.0 Å². The van der Waals surface area contributed by atoms with Gasteiger partial charge in [-0.1, -0.05) is 27.7 Å². The molecule has 3 aromatic rings. The molecule has 3 N–H and O–H groups in total. The highest BCUT2D eigenvalue weighted by Crippen LogP contribution is 2.24. The van der Waals surface area contributed by atoms with E-state index >= 15 is 0 Å². The Morgan fingerprint density at radius 2 is 1.80 bits per heavy atom. The smallest absolute Gasteiger partial charge is 0.321 e. The molecule has 0 bridgehead atoms. The van der Waals surface area contributed by atoms with Gasteiger partial charge in [0, 0.05) is 29.7 Å². The fourth-order valence-corrected chi connectivity index (χ4v) is 3.41. The second kappa shape index (κ2) is 13.0. The first-order valence-electron chi connectivity index (χ1n) is 12.4. The maximum Gasteiger partial charge on any atom is 0.321 e. The number of H-pyrrole nitrogens is 1. The molecule has 0 saturated heterocycles. The van der Waals surface area contributed by atoms with Gasteiger partial charge in [-0.2, -0.15) is 20.1 Å². The number of nitrogens with one attached hydrogen (secondary N) is 2. The van der Waals surface area contributed by atoms with Gasteiger partial charge in [0.15, 0.2) is 5.82 Å². The van der Waals surface area contributed by atoms with Crippen LogP contribution >= 0.6 is 0 Å². The van der Waals surface area contributed by atoms with Crippen molar-refractivity contribution in [2.45, 2.75) is 73.8 Å². The third-order valence-corrected chi connectivity index (χ3v) is 5.13. The van der Waals surface area contributed by atoms with Gasteiger partial charge in [-0.05, 0) is 64.3 Å². The molecule has 9 heteroatoms. The maximum atomic E-state index is 10.0. The molecule has 2 heterocycles. The lowest BCUT2D eigenvalue weighted by Crippen LogP contribution is -2.30. The first kappa shape index (κ1) is 28.0. The van der Waals surface area contributed by atoms with Crippen molar-refractivity contribution in [1.82, 2.24) is 19.9 Å². The lowest BCUT2D eigenvalue weighted by Gasteiger charge is -2.22. The molecule has 0 aliphatic carbocycles. The van der Waals surface area contributed by atoms with E-state index in [9.17, 15) is 5.11 Å². The number of anilines is 2. The molecular weight excluding hydrogens is 442 g/mol. The molecule has 2 aromatic heterocycles. The highest BCUT2D eigenvalue weighted by atomic mass is 16.5. The van der Waals surface area contributed by atoms with Gasteiger partial charge >= 0.3 is 6.01 Å². The van der Waals surface area contributed by atoms with Crippen LogP contribution in [0.2, 0.25) is 0 Å². The average molecular weight is 484 g/mol. The van der Waals surface area contributed by atoms with E-state index in [0.717, 1.165) is 48.2 Å². The Labute approximate surface area is 209 Å². The minimum Gasteiger partial charge on any atom is -0.460 e. The number of aromatic amines is 1. The number of hydrazone groups is 1. The van der Waals surface area contributed by atoms with Gasteiger partial charge in [0.2, 0.25) is 5.95 Å². The number of benzene rings is 1. The molecule has 0 aliphatic rings. The summed E-state index contributed by atoms with van der Waals surface area (Å²) in [6, 6.07) is 6.23. The molecule has 35 heavy (non-hydrogen) atoms. The van der Waals surface area contributed by atoms with E-state index < -0.39 is 5.60 Å². The van der Waals surface area contributed by atoms with E-state index in [4.69, 9.17) is 4.74 Å². The van der Waals surface area contributed by atoms with E-state index in [2.05, 4.69) is 69.1 Å². The van der Waals surface area contributed by atoms with Gasteiger partial charge in [0.1, 0.15) is 6.61 Å². The van der Waals surface area contributed by atoms with Crippen molar-refractivity contribution in [3.8, 4) is 6.01 Å². The van der Waals surface area contributed by atoms with Crippen LogP contribution in [0.15, 0.2) is 23.3 Å². The van der Waals surface area contributed by atoms with Gasteiger partial charge in [0.05, 0.1) is 17.5 Å². The minimum atomic E-state index is -0.998. The van der Waals surface area contributed by atoms with Crippen LogP contribution < -0.4 is 15.1 Å². The Morgan fingerprint density at radius 1 is 1.11 bits per heavy atom. The van der Waals surface area contributed by atoms with Crippen molar-refractivity contribution in [2.75, 3.05) is 30.0 Å². The third kappa shape index (κ3) is 8.20. The van der Waals surface area contributed by atoms with Crippen LogP contribution in [0.25, 0.3) is 10.9 Å². The molecule has 0 fully saturated rings. The summed E-state index contributed by atoms with van der Waals surface area (Å²) in [6.07, 6.45) is 3.49. The molecule has 0 spiro atoms. The van der Waals surface area contributed by atoms with Crippen LogP contribution in [0, 0.1) is 13.8 Å². The topological polar surface area (TPSA) is 112 Å². The Morgan fingerprint density at radius 3 is 2.43 bits per heavy atom. The van der Waals surface area contributed by atoms with Crippen molar-refractivity contribution in [1.29, 1.82) is 0 Å². The molecule has 0 amide bonds. The second-order valence-electron chi connectivity index (χ2n) is 8.87. The number of aromatic nitrogens is 4. The number of fused-ring (bicyclic) bond motifs is 1. The standard InChI is InChI=1S/C24H35N7O2.C2H6/c1-7-11-31(12-8-2)22-27-21(28-23(29-22)33-15-24(5,6)32)14-25-30-18-9-10-20-19(13-18)16(3)17(4)26-20;1-2/h9-10,13-14,26,30,32H,7-8,11-12,15H2,1-6H3;1-2H3/b25-14+;. The number of aliphatic hydroxyl groups is 1. The Kier molecular flexibility index (Phi) is 10.4. The molecule has 0 radical (unpaired) electrons. The fourth-order valence-electron chi connectivity index (χ4n) is 3.41. The number of aryl methyl sites for hydroxylation is 2. The van der Waals surface area contributed by atoms with E-state index in [1.54, 1.807) is 20.1 Å². The molecular formula is C26H41N7O2. The highest BCUT2D eigenvalue weighted by molar-refractivity contribution is 5.87. The van der Waals surface area contributed by atoms with Crippen LogP contribution in [0.5, 0.6) is 6.01 Å². The van der Waals surface area contributed by atoms with Crippen LogP contribution in [0.3, 0.4) is 0 Å². The zero-order valence-electron chi connectivity index (χ0n) is 22.4. The normalized spacial score (nSPS) is 11.5. The van der Waals surface area contributed by atoms with Crippen LogP contribution in [0.4, 0.5) is 11.6 Å². The van der Waals surface area contributed by atoms with Gasteiger partial charge in [-0.15, -0.1) is 0 Å². The second-order valence-corrected chi connectivity index (χ2v) is 8.87. The van der Waals surface area contributed by atoms with Crippen molar-refractivity contribution in [3.63, 3.8) is 0 Å². The van der Waals surface area contributed by atoms with Crippen LogP contribution in [-0.2, 0) is 0 Å². The SMILES string of the molecule is CC.CCCN(CCC)c1nc(/C=N/Nc2ccc3[nH]c(C)c(C)c3c2)nc(OCC(C)(C)O)n1. The molecule has 1 aromatic carbocycles. The molecule has 192 valence electrons. The predicted molar refractivity (Wildman–Crippen MR) is 145 cm³/mol. The summed E-state index contributed by atoms with van der Waals surface area (Å²) in [4.78, 5) is 18.9. The lowest BCUT2D eigenvalue weighted by molar-refractivity contribution is 0.0249. The summed E-state index contributed by atoms with van der Waals surface area (Å²) in [6.45, 7) is 17.5. The third-order valence-electron chi connectivity index (χ3n) is 5.13. The Balaban J connectivity index is 0.00000210. The number of nitrogens with zero attached hydrogens (tertiary/aromatic N) is 5. The zero-order chi connectivity index (χ0) is 26.0. The van der Waals surface area contributed by atoms with Gasteiger partial charge in [-0.3, -0.25) is 5.43 Å². The summed E-state index contributed by atoms with van der Waals surface area (Å²) in [7, 11) is 0. The van der Waals surface area contributed by atoms with Crippen molar-refractivity contribution in [3.05, 3.63) is 35.3 Å². The van der Waals surface area contributed by atoms with Crippen LogP contribution in [0.1, 0.15) is 71.5 Å². The van der Waals surface area contributed by atoms with E-state index in [0.29, 0.717) is 11.8 Å². The predicted octanol–water partition coefficient (Wildman–Crippen LogP) is 5.22. The molecule has 0 aliphatic heterocycles. The quantitative estimate of drug-likeness (QED) is 0.253. The summed E-state index contributed by atoms with van der Waals surface area (Å²) in [5.74, 6) is 0.922. The lowest BCUT2D eigenvalue weighted by atomic mass is 10.1. The molecule has 0 unspecified atom stereocenters. The molecule has 3 rings (SSSR count). The molecule has 9 nitrogen and oxygen atoms in total. The van der Waals surface area contributed by atoms with Crippen molar-refractivity contribution in [2.24, 2.45) is 5.10 Å². The maximum absolute atomic E-state index is 10.0. The van der Waals surface area contributed by atoms with E-state index in [1.165, 1.54) is 5.56 Å². The number of hydrogen-bond acceptors (Lipinski definition) is 8. The average Bonchev–Trinajstić information content (AvgIpc) is 3.11. The number of rotatable bonds is 11. The first-order valence-corrected chi connectivity index (χ1v) is 12.4. The number of ether oxygens (including phenoxy) is 1. The van der Waals surface area contributed by atoms with Gasteiger partial charge in [0.25, 0.3) is 0 Å². The monoisotopic (exact) mass is 483 g/mol. The largest absolute Gasteiger partial charge is 0.460 e. The van der Waals surface area contributed by atoms with E-state index in [-0.39, 0.29) is 12.6 Å².